The standard InChI is InChI=1S/C14H14BrN3O2/c15-10-4-3-7-17-13(10)14(20)18(8-9-19)12-6-2-1-5-11(12)16/h1-7,19H,8-9,16H2. The summed E-state index contributed by atoms with van der Waals surface area (Å²) in [7, 11) is 0. The highest BCUT2D eigenvalue weighted by atomic mass is 79.9. The minimum absolute atomic E-state index is 0.149. The normalized spacial score (nSPS) is 10.3. The zero-order valence-corrected chi connectivity index (χ0v) is 12.2. The number of aliphatic hydroxyl groups excluding tert-OH is 1. The van der Waals surface area contributed by atoms with Gasteiger partial charge in [0.2, 0.25) is 0 Å². The summed E-state index contributed by atoms with van der Waals surface area (Å²) in [6, 6.07) is 10.5. The van der Waals surface area contributed by atoms with E-state index in [2.05, 4.69) is 20.9 Å². The van der Waals surface area contributed by atoms with E-state index in [1.54, 1.807) is 42.6 Å². The van der Waals surface area contributed by atoms with Crippen molar-refractivity contribution in [2.45, 2.75) is 0 Å². The number of rotatable bonds is 4. The summed E-state index contributed by atoms with van der Waals surface area (Å²) in [6.45, 7) is -0.0133. The van der Waals surface area contributed by atoms with Crippen LogP contribution in [0.1, 0.15) is 10.5 Å². The van der Waals surface area contributed by atoms with Crippen LogP contribution >= 0.6 is 15.9 Å². The predicted octanol–water partition coefficient (Wildman–Crippen LogP) is 2.07. The average molecular weight is 336 g/mol. The number of carbonyl (C=O) groups is 1. The Morgan fingerprint density at radius 1 is 1.30 bits per heavy atom. The van der Waals surface area contributed by atoms with E-state index in [1.807, 2.05) is 0 Å². The van der Waals surface area contributed by atoms with E-state index >= 15 is 0 Å². The Kier molecular flexibility index (Phi) is 4.70. The molecule has 0 unspecified atom stereocenters. The van der Waals surface area contributed by atoms with Crippen LogP contribution in [0.5, 0.6) is 0 Å². The molecule has 0 atom stereocenters. The van der Waals surface area contributed by atoms with Crippen LogP contribution in [0.3, 0.4) is 0 Å². The van der Waals surface area contributed by atoms with Gasteiger partial charge in [-0.3, -0.25) is 4.79 Å². The highest BCUT2D eigenvalue weighted by molar-refractivity contribution is 9.10. The number of nitrogens with zero attached hydrogens (tertiary/aromatic N) is 2. The van der Waals surface area contributed by atoms with Crippen LogP contribution in [-0.2, 0) is 0 Å². The Bertz CT molecular complexity index is 619. The third-order valence-electron chi connectivity index (χ3n) is 2.76. The molecule has 0 aliphatic heterocycles. The maximum Gasteiger partial charge on any atom is 0.278 e. The van der Waals surface area contributed by atoms with E-state index in [0.29, 0.717) is 15.8 Å². The number of carbonyl (C=O) groups excluding carboxylic acids is 1. The van der Waals surface area contributed by atoms with Gasteiger partial charge in [-0.25, -0.2) is 4.98 Å². The van der Waals surface area contributed by atoms with Gasteiger partial charge in [0.05, 0.1) is 18.0 Å². The minimum Gasteiger partial charge on any atom is -0.397 e. The lowest BCUT2D eigenvalue weighted by atomic mass is 10.2. The third kappa shape index (κ3) is 2.97. The van der Waals surface area contributed by atoms with Crippen molar-refractivity contribution in [1.82, 2.24) is 4.98 Å². The number of pyridine rings is 1. The van der Waals surface area contributed by atoms with Gasteiger partial charge in [0.25, 0.3) is 5.91 Å². The van der Waals surface area contributed by atoms with Gasteiger partial charge in [0.1, 0.15) is 5.69 Å². The molecule has 0 aliphatic carbocycles. The van der Waals surface area contributed by atoms with Crippen LogP contribution in [0.4, 0.5) is 11.4 Å². The topological polar surface area (TPSA) is 79.5 Å². The van der Waals surface area contributed by atoms with Crippen molar-refractivity contribution in [2.75, 3.05) is 23.8 Å². The average Bonchev–Trinajstić information content (AvgIpc) is 2.46. The molecule has 1 amide bonds. The molecule has 1 aromatic carbocycles. The second-order valence-electron chi connectivity index (χ2n) is 4.07. The van der Waals surface area contributed by atoms with E-state index in [-0.39, 0.29) is 24.8 Å². The van der Waals surface area contributed by atoms with Crippen molar-refractivity contribution in [3.63, 3.8) is 0 Å². The molecule has 0 saturated heterocycles. The Hall–Kier alpha value is -1.92. The van der Waals surface area contributed by atoms with Gasteiger partial charge in [-0.2, -0.15) is 0 Å². The molecule has 2 aromatic rings. The number of hydrogen-bond donors (Lipinski definition) is 2. The molecule has 0 saturated carbocycles. The molecule has 6 heteroatoms. The largest absolute Gasteiger partial charge is 0.397 e. The summed E-state index contributed by atoms with van der Waals surface area (Å²) >= 11 is 3.30. The van der Waals surface area contributed by atoms with Gasteiger partial charge in [0, 0.05) is 17.2 Å². The number of nitrogens with two attached hydrogens (primary N) is 1. The zero-order chi connectivity index (χ0) is 14.5. The fourth-order valence-corrected chi connectivity index (χ4v) is 2.26. The Labute approximate surface area is 125 Å². The first-order valence-corrected chi connectivity index (χ1v) is 6.82. The number of para-hydroxylation sites is 2. The van der Waals surface area contributed by atoms with Gasteiger partial charge in [-0.1, -0.05) is 12.1 Å². The van der Waals surface area contributed by atoms with Gasteiger partial charge in [0.15, 0.2) is 0 Å². The maximum atomic E-state index is 12.6. The number of benzene rings is 1. The summed E-state index contributed by atoms with van der Waals surface area (Å²) in [5.41, 5.74) is 7.21. The van der Waals surface area contributed by atoms with Crippen molar-refractivity contribution >= 4 is 33.2 Å². The van der Waals surface area contributed by atoms with Crippen molar-refractivity contribution < 1.29 is 9.90 Å². The first kappa shape index (κ1) is 14.5. The molecular weight excluding hydrogens is 322 g/mol. The molecule has 0 bridgehead atoms. The maximum absolute atomic E-state index is 12.6. The summed E-state index contributed by atoms with van der Waals surface area (Å²) in [5, 5.41) is 9.19. The Morgan fingerprint density at radius 2 is 2.05 bits per heavy atom. The third-order valence-corrected chi connectivity index (χ3v) is 3.40. The van der Waals surface area contributed by atoms with E-state index in [0.717, 1.165) is 0 Å². The number of anilines is 2. The van der Waals surface area contributed by atoms with E-state index in [9.17, 15) is 9.90 Å². The number of amides is 1. The first-order chi connectivity index (χ1) is 9.65. The molecule has 2 rings (SSSR count). The minimum atomic E-state index is -0.315. The summed E-state index contributed by atoms with van der Waals surface area (Å²) in [4.78, 5) is 18.1. The van der Waals surface area contributed by atoms with Crippen LogP contribution < -0.4 is 10.6 Å². The second kappa shape index (κ2) is 6.49. The number of aromatic nitrogens is 1. The summed E-state index contributed by atoms with van der Waals surface area (Å²) in [5.74, 6) is -0.315. The highest BCUT2D eigenvalue weighted by Crippen LogP contribution is 2.25. The van der Waals surface area contributed by atoms with Crippen molar-refractivity contribution in [2.24, 2.45) is 0 Å². The van der Waals surface area contributed by atoms with E-state index < -0.39 is 0 Å². The van der Waals surface area contributed by atoms with Crippen molar-refractivity contribution in [3.8, 4) is 0 Å². The highest BCUT2D eigenvalue weighted by Gasteiger charge is 2.21. The SMILES string of the molecule is Nc1ccccc1N(CCO)C(=O)c1ncccc1Br. The van der Waals surface area contributed by atoms with Crippen LogP contribution in [0.15, 0.2) is 47.1 Å². The fourth-order valence-electron chi connectivity index (χ4n) is 1.84. The van der Waals surface area contributed by atoms with Crippen molar-refractivity contribution in [1.29, 1.82) is 0 Å². The smallest absolute Gasteiger partial charge is 0.278 e. The van der Waals surface area contributed by atoms with E-state index in [4.69, 9.17) is 5.73 Å². The molecular formula is C14H14BrN3O2. The lowest BCUT2D eigenvalue weighted by molar-refractivity contribution is 0.0975. The number of aliphatic hydroxyl groups is 1. The zero-order valence-electron chi connectivity index (χ0n) is 10.7. The number of halogens is 1. The molecule has 20 heavy (non-hydrogen) atoms. The molecule has 1 heterocycles. The number of nitrogen functional groups attached to an aromatic ring is 1. The van der Waals surface area contributed by atoms with Crippen LogP contribution in [-0.4, -0.2) is 29.1 Å². The Morgan fingerprint density at radius 3 is 2.70 bits per heavy atom. The lowest BCUT2D eigenvalue weighted by Gasteiger charge is -2.23. The second-order valence-corrected chi connectivity index (χ2v) is 4.93. The molecule has 0 fully saturated rings. The molecule has 0 aliphatic rings. The van der Waals surface area contributed by atoms with Crippen molar-refractivity contribution in [3.05, 3.63) is 52.8 Å². The van der Waals surface area contributed by atoms with E-state index in [1.165, 1.54) is 4.90 Å². The number of hydrogen-bond acceptors (Lipinski definition) is 4. The molecule has 5 nitrogen and oxygen atoms in total. The molecule has 0 radical (unpaired) electrons. The molecule has 3 N–H and O–H groups in total. The lowest BCUT2D eigenvalue weighted by Crippen LogP contribution is -2.34. The van der Waals surface area contributed by atoms with Crippen LogP contribution in [0.2, 0.25) is 0 Å². The monoisotopic (exact) mass is 335 g/mol. The predicted molar refractivity (Wildman–Crippen MR) is 81.6 cm³/mol. The molecule has 104 valence electrons. The quantitative estimate of drug-likeness (QED) is 0.838. The van der Waals surface area contributed by atoms with Gasteiger partial charge >= 0.3 is 0 Å². The summed E-state index contributed by atoms with van der Waals surface area (Å²) < 4.78 is 0.599. The van der Waals surface area contributed by atoms with Gasteiger partial charge in [-0.15, -0.1) is 0 Å². The Balaban J connectivity index is 2.42. The molecule has 1 aromatic heterocycles. The summed E-state index contributed by atoms with van der Waals surface area (Å²) in [6.07, 6.45) is 1.55. The fraction of sp³-hybridized carbons (Fsp3) is 0.143. The molecule has 0 spiro atoms. The van der Waals surface area contributed by atoms with Crippen LogP contribution in [0, 0.1) is 0 Å². The van der Waals surface area contributed by atoms with Gasteiger partial charge < -0.3 is 15.7 Å². The first-order valence-electron chi connectivity index (χ1n) is 6.03. The van der Waals surface area contributed by atoms with Gasteiger partial charge in [-0.05, 0) is 40.2 Å². The van der Waals surface area contributed by atoms with Crippen LogP contribution in [0.25, 0.3) is 0 Å².